The Labute approximate surface area is 124 Å². The predicted octanol–water partition coefficient (Wildman–Crippen LogP) is 3.51. The fourth-order valence-corrected chi connectivity index (χ4v) is 3.18. The molecular weight excluding hydrogens is 326 g/mol. The molecule has 3 nitrogen and oxygen atoms in total. The van der Waals surface area contributed by atoms with Crippen molar-refractivity contribution in [2.75, 3.05) is 7.11 Å². The molecule has 1 unspecified atom stereocenters. The molecule has 1 aromatic carbocycles. The van der Waals surface area contributed by atoms with Crippen molar-refractivity contribution in [3.63, 3.8) is 0 Å². The van der Waals surface area contributed by atoms with Gasteiger partial charge in [-0.1, -0.05) is 30.3 Å². The Morgan fingerprint density at radius 3 is 2.63 bits per heavy atom. The zero-order valence-electron chi connectivity index (χ0n) is 10.4. The lowest BCUT2D eigenvalue weighted by Crippen LogP contribution is -2.29. The van der Waals surface area contributed by atoms with Crippen LogP contribution >= 0.6 is 27.3 Å². The predicted molar refractivity (Wildman–Crippen MR) is 80.1 cm³/mol. The Morgan fingerprint density at radius 2 is 2.05 bits per heavy atom. The monoisotopic (exact) mass is 339 g/mol. The molecule has 0 saturated carbocycles. The van der Waals surface area contributed by atoms with Crippen molar-refractivity contribution in [1.82, 2.24) is 5.32 Å². The first kappa shape index (κ1) is 14.2. The summed E-state index contributed by atoms with van der Waals surface area (Å²) in [7, 11) is 1.40. The molecule has 2 rings (SSSR count). The molecule has 100 valence electrons. The van der Waals surface area contributed by atoms with E-state index in [-0.39, 0.29) is 5.97 Å². The fourth-order valence-electron chi connectivity index (χ4n) is 1.75. The minimum absolute atomic E-state index is 0.276. The van der Waals surface area contributed by atoms with Crippen LogP contribution in [0.4, 0.5) is 0 Å². The number of methoxy groups -OCH3 is 1. The Balaban J connectivity index is 2.09. The van der Waals surface area contributed by atoms with Gasteiger partial charge in [0.1, 0.15) is 6.04 Å². The van der Waals surface area contributed by atoms with Gasteiger partial charge >= 0.3 is 5.97 Å². The molecule has 0 aliphatic heterocycles. The van der Waals surface area contributed by atoms with Gasteiger partial charge in [0.15, 0.2) is 0 Å². The lowest BCUT2D eigenvalue weighted by Gasteiger charge is -2.16. The number of hydrogen-bond acceptors (Lipinski definition) is 4. The summed E-state index contributed by atoms with van der Waals surface area (Å²) in [6.07, 6.45) is 0. The average Bonchev–Trinajstić information content (AvgIpc) is 2.85. The lowest BCUT2D eigenvalue weighted by molar-refractivity contribution is -0.143. The number of ether oxygens (including phenoxy) is 1. The molecule has 0 bridgehead atoms. The van der Waals surface area contributed by atoms with Crippen LogP contribution in [0.25, 0.3) is 0 Å². The minimum atomic E-state index is -0.438. The number of benzene rings is 1. The quantitative estimate of drug-likeness (QED) is 0.847. The Morgan fingerprint density at radius 1 is 1.32 bits per heavy atom. The highest BCUT2D eigenvalue weighted by Gasteiger charge is 2.20. The summed E-state index contributed by atoms with van der Waals surface area (Å²) < 4.78 is 5.94. The van der Waals surface area contributed by atoms with Crippen LogP contribution in [-0.2, 0) is 16.1 Å². The zero-order valence-corrected chi connectivity index (χ0v) is 12.8. The summed E-state index contributed by atoms with van der Waals surface area (Å²) in [5, 5.41) is 3.23. The SMILES string of the molecule is COC(=O)C(NCc1ccc(Br)s1)c1ccccc1. The second-order valence-electron chi connectivity index (χ2n) is 3.95. The van der Waals surface area contributed by atoms with E-state index < -0.39 is 6.04 Å². The van der Waals surface area contributed by atoms with Crippen LogP contribution in [0.5, 0.6) is 0 Å². The van der Waals surface area contributed by atoms with Crippen molar-refractivity contribution in [3.8, 4) is 0 Å². The molecule has 0 aliphatic carbocycles. The summed E-state index contributed by atoms with van der Waals surface area (Å²) in [5.41, 5.74) is 0.907. The number of nitrogens with one attached hydrogen (secondary N) is 1. The second kappa shape index (κ2) is 6.84. The van der Waals surface area contributed by atoms with Crippen LogP contribution in [0, 0.1) is 0 Å². The van der Waals surface area contributed by atoms with E-state index in [0.29, 0.717) is 6.54 Å². The molecule has 1 heterocycles. The van der Waals surface area contributed by atoms with Gasteiger partial charge in [0, 0.05) is 11.4 Å². The number of carbonyl (C=O) groups is 1. The summed E-state index contributed by atoms with van der Waals surface area (Å²) in [4.78, 5) is 13.0. The van der Waals surface area contributed by atoms with Crippen molar-refractivity contribution in [1.29, 1.82) is 0 Å². The molecule has 1 aromatic heterocycles. The molecule has 1 N–H and O–H groups in total. The van der Waals surface area contributed by atoms with Crippen molar-refractivity contribution < 1.29 is 9.53 Å². The van der Waals surface area contributed by atoms with Gasteiger partial charge < -0.3 is 4.74 Å². The van der Waals surface area contributed by atoms with E-state index in [0.717, 1.165) is 14.2 Å². The number of hydrogen-bond donors (Lipinski definition) is 1. The Hall–Kier alpha value is -1.17. The Bertz CT molecular complexity index is 541. The molecule has 0 radical (unpaired) electrons. The van der Waals surface area contributed by atoms with E-state index in [1.54, 1.807) is 11.3 Å². The first-order valence-corrected chi connectivity index (χ1v) is 7.42. The van der Waals surface area contributed by atoms with Crippen LogP contribution in [0.2, 0.25) is 0 Å². The highest BCUT2D eigenvalue weighted by molar-refractivity contribution is 9.11. The highest BCUT2D eigenvalue weighted by Crippen LogP contribution is 2.23. The first-order valence-electron chi connectivity index (χ1n) is 5.81. The highest BCUT2D eigenvalue weighted by atomic mass is 79.9. The van der Waals surface area contributed by atoms with Gasteiger partial charge in [-0.15, -0.1) is 11.3 Å². The number of thiophene rings is 1. The molecule has 0 spiro atoms. The van der Waals surface area contributed by atoms with E-state index >= 15 is 0 Å². The van der Waals surface area contributed by atoms with Crippen molar-refractivity contribution in [2.24, 2.45) is 0 Å². The largest absolute Gasteiger partial charge is 0.468 e. The maximum atomic E-state index is 11.8. The van der Waals surface area contributed by atoms with Gasteiger partial charge in [0.25, 0.3) is 0 Å². The number of carbonyl (C=O) groups excluding carboxylic acids is 1. The maximum absolute atomic E-state index is 11.8. The molecule has 0 fully saturated rings. The van der Waals surface area contributed by atoms with Crippen molar-refractivity contribution in [2.45, 2.75) is 12.6 Å². The minimum Gasteiger partial charge on any atom is -0.468 e. The summed E-state index contributed by atoms with van der Waals surface area (Å²) in [6.45, 7) is 0.630. The third-order valence-corrected chi connectivity index (χ3v) is 4.30. The van der Waals surface area contributed by atoms with Gasteiger partial charge in [0.05, 0.1) is 10.9 Å². The van der Waals surface area contributed by atoms with Gasteiger partial charge in [-0.2, -0.15) is 0 Å². The van der Waals surface area contributed by atoms with Crippen molar-refractivity contribution in [3.05, 3.63) is 56.7 Å². The maximum Gasteiger partial charge on any atom is 0.327 e. The molecule has 0 amide bonds. The van der Waals surface area contributed by atoms with E-state index in [4.69, 9.17) is 4.74 Å². The third kappa shape index (κ3) is 3.89. The molecular formula is C14H14BrNO2S. The summed E-state index contributed by atoms with van der Waals surface area (Å²) in [6, 6.07) is 13.2. The molecule has 19 heavy (non-hydrogen) atoms. The molecule has 5 heteroatoms. The summed E-state index contributed by atoms with van der Waals surface area (Å²) in [5.74, 6) is -0.276. The van der Waals surface area contributed by atoms with Crippen LogP contribution in [0.15, 0.2) is 46.3 Å². The zero-order chi connectivity index (χ0) is 13.7. The molecule has 0 saturated heterocycles. The fraction of sp³-hybridized carbons (Fsp3) is 0.214. The molecule has 2 aromatic rings. The first-order chi connectivity index (χ1) is 9.20. The van der Waals surface area contributed by atoms with Gasteiger partial charge in [-0.25, -0.2) is 4.79 Å². The molecule has 0 aliphatic rings. The van der Waals surface area contributed by atoms with Crippen LogP contribution < -0.4 is 5.32 Å². The number of halogens is 1. The van der Waals surface area contributed by atoms with E-state index in [2.05, 4.69) is 21.2 Å². The summed E-state index contributed by atoms with van der Waals surface area (Å²) >= 11 is 5.07. The number of rotatable bonds is 5. The van der Waals surface area contributed by atoms with Crippen LogP contribution in [0.1, 0.15) is 16.5 Å². The van der Waals surface area contributed by atoms with Crippen LogP contribution in [-0.4, -0.2) is 13.1 Å². The molecule has 1 atom stereocenters. The van der Waals surface area contributed by atoms with E-state index in [9.17, 15) is 4.79 Å². The normalized spacial score (nSPS) is 12.1. The van der Waals surface area contributed by atoms with Gasteiger partial charge in [-0.3, -0.25) is 5.32 Å². The van der Waals surface area contributed by atoms with Gasteiger partial charge in [0.2, 0.25) is 0 Å². The standard InChI is InChI=1S/C14H14BrNO2S/c1-18-14(17)13(10-5-3-2-4-6-10)16-9-11-7-8-12(15)19-11/h2-8,13,16H,9H2,1H3. The van der Waals surface area contributed by atoms with E-state index in [1.807, 2.05) is 42.5 Å². The van der Waals surface area contributed by atoms with E-state index in [1.165, 1.54) is 7.11 Å². The lowest BCUT2D eigenvalue weighted by atomic mass is 10.1. The third-order valence-electron chi connectivity index (χ3n) is 2.68. The topological polar surface area (TPSA) is 38.3 Å². The van der Waals surface area contributed by atoms with Gasteiger partial charge in [-0.05, 0) is 33.6 Å². The van der Waals surface area contributed by atoms with Crippen LogP contribution in [0.3, 0.4) is 0 Å². The average molecular weight is 340 g/mol. The van der Waals surface area contributed by atoms with Crippen molar-refractivity contribution >= 4 is 33.2 Å². The Kier molecular flexibility index (Phi) is 5.13. The number of esters is 1. The second-order valence-corrected chi connectivity index (χ2v) is 6.50. The smallest absolute Gasteiger partial charge is 0.327 e.